The fraction of sp³-hybridized carbons (Fsp3) is 0.364. The Kier molecular flexibility index (Phi) is 3.63. The van der Waals surface area contributed by atoms with Gasteiger partial charge < -0.3 is 5.73 Å². The third-order valence-corrected chi connectivity index (χ3v) is 2.30. The van der Waals surface area contributed by atoms with Crippen LogP contribution in [-0.2, 0) is 0 Å². The second-order valence-electron chi connectivity index (χ2n) is 4.37. The molecule has 0 fully saturated rings. The lowest BCUT2D eigenvalue weighted by atomic mass is 9.95. The zero-order valence-corrected chi connectivity index (χ0v) is 10.5. The lowest BCUT2D eigenvalue weighted by Crippen LogP contribution is -2.28. The van der Waals surface area contributed by atoms with Gasteiger partial charge in [0.1, 0.15) is 5.84 Å². The third kappa shape index (κ3) is 3.73. The summed E-state index contributed by atoms with van der Waals surface area (Å²) in [5, 5.41) is 1.12. The van der Waals surface area contributed by atoms with Crippen LogP contribution < -0.4 is 5.73 Å². The van der Waals surface area contributed by atoms with Crippen molar-refractivity contribution in [3.63, 3.8) is 0 Å². The Balaban J connectivity index is 3.08. The van der Waals surface area contributed by atoms with E-state index in [4.69, 9.17) is 28.9 Å². The van der Waals surface area contributed by atoms with Gasteiger partial charge in [0.15, 0.2) is 0 Å². The zero-order chi connectivity index (χ0) is 11.6. The molecule has 0 unspecified atom stereocenters. The summed E-state index contributed by atoms with van der Waals surface area (Å²) < 4.78 is 0. The van der Waals surface area contributed by atoms with Crippen LogP contribution in [0.5, 0.6) is 0 Å². The lowest BCUT2D eigenvalue weighted by molar-refractivity contribution is 0.585. The summed E-state index contributed by atoms with van der Waals surface area (Å²) in [6, 6.07) is 5.12. The van der Waals surface area contributed by atoms with Crippen molar-refractivity contribution >= 4 is 34.7 Å². The monoisotopic (exact) mass is 244 g/mol. The molecule has 0 saturated heterocycles. The van der Waals surface area contributed by atoms with Crippen LogP contribution in [0.25, 0.3) is 0 Å². The van der Waals surface area contributed by atoms with E-state index >= 15 is 0 Å². The topological polar surface area (TPSA) is 38.4 Å². The van der Waals surface area contributed by atoms with Crippen LogP contribution in [0.4, 0.5) is 5.69 Å². The van der Waals surface area contributed by atoms with Crippen molar-refractivity contribution in [3.8, 4) is 0 Å². The van der Waals surface area contributed by atoms with Gasteiger partial charge in [-0.1, -0.05) is 44.0 Å². The molecule has 0 radical (unpaired) electrons. The maximum Gasteiger partial charge on any atom is 0.105 e. The molecule has 0 atom stereocenters. The van der Waals surface area contributed by atoms with Crippen molar-refractivity contribution < 1.29 is 0 Å². The molecule has 0 bridgehead atoms. The average Bonchev–Trinajstić information content (AvgIpc) is 1.99. The van der Waals surface area contributed by atoms with Crippen LogP contribution in [-0.4, -0.2) is 5.84 Å². The predicted octanol–water partition coefficient (Wildman–Crippen LogP) is 4.03. The maximum absolute atomic E-state index is 5.85. The Bertz CT molecular complexity index is 372. The number of aliphatic imine (C=N–C) groups is 1. The van der Waals surface area contributed by atoms with E-state index in [1.807, 2.05) is 20.8 Å². The fourth-order valence-electron chi connectivity index (χ4n) is 0.911. The normalized spacial score (nSPS) is 13.0. The highest BCUT2D eigenvalue weighted by molar-refractivity contribution is 6.35. The van der Waals surface area contributed by atoms with E-state index in [1.165, 1.54) is 0 Å². The van der Waals surface area contributed by atoms with Crippen LogP contribution in [0.15, 0.2) is 23.2 Å². The van der Waals surface area contributed by atoms with Gasteiger partial charge in [-0.25, -0.2) is 4.99 Å². The minimum atomic E-state index is -0.158. The van der Waals surface area contributed by atoms with Gasteiger partial charge in [0.05, 0.1) is 5.69 Å². The summed E-state index contributed by atoms with van der Waals surface area (Å²) in [7, 11) is 0. The van der Waals surface area contributed by atoms with Crippen molar-refractivity contribution in [2.24, 2.45) is 16.1 Å². The zero-order valence-electron chi connectivity index (χ0n) is 9.01. The first-order valence-electron chi connectivity index (χ1n) is 4.60. The highest BCUT2D eigenvalue weighted by atomic mass is 35.5. The van der Waals surface area contributed by atoms with Crippen LogP contribution in [0.3, 0.4) is 0 Å². The first kappa shape index (κ1) is 12.3. The average molecular weight is 245 g/mol. The molecule has 0 heterocycles. The van der Waals surface area contributed by atoms with Crippen molar-refractivity contribution in [1.82, 2.24) is 0 Å². The molecule has 0 spiro atoms. The first-order chi connectivity index (χ1) is 6.79. The molecular formula is C11H14Cl2N2. The Hall–Kier alpha value is -0.730. The molecule has 0 aliphatic rings. The number of hydrogen-bond donors (Lipinski definition) is 1. The van der Waals surface area contributed by atoms with E-state index in [9.17, 15) is 0 Å². The number of nitrogens with zero attached hydrogens (tertiary/aromatic N) is 1. The van der Waals surface area contributed by atoms with E-state index in [0.29, 0.717) is 21.6 Å². The molecule has 0 saturated carbocycles. The van der Waals surface area contributed by atoms with Gasteiger partial charge in [-0.05, 0) is 18.2 Å². The van der Waals surface area contributed by atoms with Gasteiger partial charge in [-0.3, -0.25) is 0 Å². The summed E-state index contributed by atoms with van der Waals surface area (Å²) in [4.78, 5) is 4.28. The number of benzene rings is 1. The van der Waals surface area contributed by atoms with Gasteiger partial charge >= 0.3 is 0 Å². The summed E-state index contributed by atoms with van der Waals surface area (Å²) in [5.74, 6) is 0.556. The molecule has 0 aliphatic heterocycles. The van der Waals surface area contributed by atoms with Crippen molar-refractivity contribution in [2.45, 2.75) is 20.8 Å². The van der Waals surface area contributed by atoms with Gasteiger partial charge in [-0.15, -0.1) is 0 Å². The number of rotatable bonds is 1. The second-order valence-corrected chi connectivity index (χ2v) is 5.25. The Labute approximate surface area is 100 Å². The largest absolute Gasteiger partial charge is 0.387 e. The van der Waals surface area contributed by atoms with Gasteiger partial charge in [0.25, 0.3) is 0 Å². The van der Waals surface area contributed by atoms with Gasteiger partial charge in [-0.2, -0.15) is 0 Å². The molecule has 1 aromatic carbocycles. The number of hydrogen-bond acceptors (Lipinski definition) is 1. The SMILES string of the molecule is CC(C)(C)C(N)=Nc1cc(Cl)cc(Cl)c1. The molecule has 0 aliphatic carbocycles. The summed E-state index contributed by atoms with van der Waals surface area (Å²) in [5.41, 5.74) is 6.37. The summed E-state index contributed by atoms with van der Waals surface area (Å²) in [6.45, 7) is 5.99. The number of amidine groups is 1. The molecule has 2 nitrogen and oxygen atoms in total. The predicted molar refractivity (Wildman–Crippen MR) is 67.2 cm³/mol. The van der Waals surface area contributed by atoms with Crippen LogP contribution in [0, 0.1) is 5.41 Å². The second kappa shape index (κ2) is 4.42. The van der Waals surface area contributed by atoms with Crippen LogP contribution in [0.1, 0.15) is 20.8 Å². The molecule has 1 rings (SSSR count). The smallest absolute Gasteiger partial charge is 0.105 e. The molecule has 2 N–H and O–H groups in total. The van der Waals surface area contributed by atoms with E-state index in [1.54, 1.807) is 18.2 Å². The maximum atomic E-state index is 5.85. The Morgan fingerprint density at radius 1 is 1.13 bits per heavy atom. The molecule has 0 aromatic heterocycles. The van der Waals surface area contributed by atoms with E-state index in [-0.39, 0.29) is 5.41 Å². The van der Waals surface area contributed by atoms with Crippen LogP contribution >= 0.6 is 23.2 Å². The van der Waals surface area contributed by atoms with E-state index < -0.39 is 0 Å². The standard InChI is InChI=1S/C11H14Cl2N2/c1-11(2,3)10(14)15-9-5-7(12)4-8(13)6-9/h4-6H,1-3H3,(H2,14,15). The number of nitrogens with two attached hydrogens (primary N) is 1. The lowest BCUT2D eigenvalue weighted by Gasteiger charge is -2.17. The Morgan fingerprint density at radius 2 is 1.60 bits per heavy atom. The minimum absolute atomic E-state index is 0.158. The molecule has 1 aromatic rings. The fourth-order valence-corrected chi connectivity index (χ4v) is 1.43. The summed E-state index contributed by atoms with van der Waals surface area (Å²) in [6.07, 6.45) is 0. The van der Waals surface area contributed by atoms with Gasteiger partial charge in [0, 0.05) is 15.5 Å². The van der Waals surface area contributed by atoms with E-state index in [2.05, 4.69) is 4.99 Å². The quantitative estimate of drug-likeness (QED) is 0.588. The van der Waals surface area contributed by atoms with Crippen molar-refractivity contribution in [2.75, 3.05) is 0 Å². The van der Waals surface area contributed by atoms with Crippen molar-refractivity contribution in [1.29, 1.82) is 0 Å². The Morgan fingerprint density at radius 3 is 2.00 bits per heavy atom. The summed E-state index contributed by atoms with van der Waals surface area (Å²) >= 11 is 11.7. The minimum Gasteiger partial charge on any atom is -0.387 e. The molecule has 4 heteroatoms. The molecule has 0 amide bonds. The molecule has 82 valence electrons. The van der Waals surface area contributed by atoms with E-state index in [0.717, 1.165) is 0 Å². The first-order valence-corrected chi connectivity index (χ1v) is 5.35. The number of halogens is 2. The molecular weight excluding hydrogens is 231 g/mol. The van der Waals surface area contributed by atoms with Crippen LogP contribution in [0.2, 0.25) is 10.0 Å². The third-order valence-electron chi connectivity index (χ3n) is 1.87. The highest BCUT2D eigenvalue weighted by Crippen LogP contribution is 2.26. The highest BCUT2D eigenvalue weighted by Gasteiger charge is 2.15. The van der Waals surface area contributed by atoms with Gasteiger partial charge in [0.2, 0.25) is 0 Å². The molecule has 15 heavy (non-hydrogen) atoms. The van der Waals surface area contributed by atoms with Crippen molar-refractivity contribution in [3.05, 3.63) is 28.2 Å².